The number of hydrogen-bond donors (Lipinski definition) is 0. The summed E-state index contributed by atoms with van der Waals surface area (Å²) in [6, 6.07) is 20.3. The highest BCUT2D eigenvalue weighted by Crippen LogP contribution is 2.46. The first-order valence-electron chi connectivity index (χ1n) is 8.67. The molecule has 0 atom stereocenters. The summed E-state index contributed by atoms with van der Waals surface area (Å²) < 4.78 is 94.8. The van der Waals surface area contributed by atoms with Crippen molar-refractivity contribution in [3.63, 3.8) is 0 Å². The second-order valence-electron chi connectivity index (χ2n) is 6.28. The number of alkyl halides is 3. The van der Waals surface area contributed by atoms with Gasteiger partial charge in [0.05, 0.1) is 0 Å². The fourth-order valence-electron chi connectivity index (χ4n) is 2.83. The molecule has 0 N–H and O–H groups in total. The predicted molar refractivity (Wildman–Crippen MR) is 109 cm³/mol. The molecule has 0 fully saturated rings. The van der Waals surface area contributed by atoms with Gasteiger partial charge < -0.3 is 13.0 Å². The molecule has 32 heavy (non-hydrogen) atoms. The van der Waals surface area contributed by atoms with Gasteiger partial charge in [0, 0.05) is 0 Å². The summed E-state index contributed by atoms with van der Waals surface area (Å²) in [5, 5.41) is 0. The van der Waals surface area contributed by atoms with E-state index in [-0.39, 0.29) is 0 Å². The number of rotatable bonds is 5. The van der Waals surface area contributed by atoms with Gasteiger partial charge in [-0.05, 0) is 48.5 Å². The van der Waals surface area contributed by atoms with Gasteiger partial charge >= 0.3 is 5.51 Å². The van der Waals surface area contributed by atoms with Gasteiger partial charge in [0.1, 0.15) is 16.6 Å². The second kappa shape index (κ2) is 7.99. The fraction of sp³-hybridized carbons (Fsp3) is 0.0526. The van der Waals surface area contributed by atoms with Crippen molar-refractivity contribution in [3.8, 4) is 17.2 Å². The molecule has 1 aliphatic heterocycles. The summed E-state index contributed by atoms with van der Waals surface area (Å²) in [5.41, 5.74) is -5.86. The van der Waals surface area contributed by atoms with Crippen LogP contribution in [-0.2, 0) is 31.2 Å². The first-order chi connectivity index (χ1) is 15.0. The van der Waals surface area contributed by atoms with Gasteiger partial charge in [-0.3, -0.25) is 0 Å². The molecule has 1 aliphatic rings. The molecule has 0 saturated carbocycles. The zero-order chi connectivity index (χ0) is 23.1. The average Bonchev–Trinajstić information content (AvgIpc) is 2.71. The van der Waals surface area contributed by atoms with Crippen LogP contribution in [0.1, 0.15) is 0 Å². The molecular formula is C19H12F3NO6S3. The zero-order valence-electron chi connectivity index (χ0n) is 15.7. The molecule has 13 heteroatoms. The summed E-state index contributed by atoms with van der Waals surface area (Å²) in [5.74, 6) is 0.926. The van der Waals surface area contributed by atoms with Gasteiger partial charge in [-0.25, -0.2) is 16.8 Å². The minimum absolute atomic E-state index is 0.395. The van der Waals surface area contributed by atoms with Gasteiger partial charge in [0.25, 0.3) is 0 Å². The number of para-hydroxylation sites is 2. The molecule has 0 saturated heterocycles. The SMILES string of the molecule is O=S(=O)([N-]S(=O)(=O)C(F)(F)F)Oc1ccc([S+]2c3ccccc3Oc3ccccc32)cc1. The minimum Gasteiger partial charge on any atom is -0.447 e. The van der Waals surface area contributed by atoms with E-state index in [1.807, 2.05) is 52.7 Å². The van der Waals surface area contributed by atoms with Gasteiger partial charge in [-0.15, -0.1) is 0 Å². The second-order valence-corrected chi connectivity index (χ2v) is 11.3. The van der Waals surface area contributed by atoms with E-state index in [2.05, 4.69) is 4.18 Å². The van der Waals surface area contributed by atoms with Crippen molar-refractivity contribution in [2.45, 2.75) is 20.2 Å². The van der Waals surface area contributed by atoms with Crippen LogP contribution in [0.4, 0.5) is 13.2 Å². The lowest BCUT2D eigenvalue weighted by atomic mass is 10.3. The van der Waals surface area contributed by atoms with Crippen LogP contribution < -0.4 is 8.92 Å². The lowest BCUT2D eigenvalue weighted by Gasteiger charge is -2.22. The smallest absolute Gasteiger partial charge is 0.447 e. The van der Waals surface area contributed by atoms with Crippen LogP contribution in [0, 0.1) is 0 Å². The molecule has 3 aromatic rings. The summed E-state index contributed by atoms with van der Waals surface area (Å²) in [6.07, 6.45) is 0. The first-order valence-corrected chi connectivity index (χ1v) is 12.7. The van der Waals surface area contributed by atoms with E-state index >= 15 is 0 Å². The Labute approximate surface area is 184 Å². The number of ether oxygens (including phenoxy) is 1. The molecule has 0 aromatic heterocycles. The minimum atomic E-state index is -6.27. The Morgan fingerprint density at radius 1 is 0.781 bits per heavy atom. The summed E-state index contributed by atoms with van der Waals surface area (Å²) >= 11 is 0. The maximum Gasteiger partial charge on any atom is 0.480 e. The molecular weight excluding hydrogens is 491 g/mol. The first kappa shape index (κ1) is 22.5. The highest BCUT2D eigenvalue weighted by atomic mass is 32.3. The number of halogens is 3. The maximum absolute atomic E-state index is 12.4. The third kappa shape index (κ3) is 4.41. The van der Waals surface area contributed by atoms with Crippen molar-refractivity contribution < 1.29 is 38.9 Å². The van der Waals surface area contributed by atoms with E-state index in [0.717, 1.165) is 14.7 Å². The Morgan fingerprint density at radius 3 is 1.78 bits per heavy atom. The van der Waals surface area contributed by atoms with E-state index in [0.29, 0.717) is 11.5 Å². The van der Waals surface area contributed by atoms with Crippen molar-refractivity contribution in [3.05, 3.63) is 76.9 Å². The third-order valence-corrected chi connectivity index (χ3v) is 8.90. The third-order valence-electron chi connectivity index (χ3n) is 4.10. The molecule has 1 heterocycles. The lowest BCUT2D eigenvalue weighted by Crippen LogP contribution is -2.25. The van der Waals surface area contributed by atoms with Crippen LogP contribution in [0.2, 0.25) is 0 Å². The van der Waals surface area contributed by atoms with E-state index in [1.54, 1.807) is 0 Å². The topological polar surface area (TPSA) is 101 Å². The van der Waals surface area contributed by atoms with Crippen LogP contribution in [0.5, 0.6) is 17.2 Å². The number of nitrogens with zero attached hydrogens (tertiary/aromatic N) is 1. The van der Waals surface area contributed by atoms with Crippen molar-refractivity contribution >= 4 is 31.2 Å². The van der Waals surface area contributed by atoms with E-state index in [4.69, 9.17) is 4.74 Å². The monoisotopic (exact) mass is 503 g/mol. The quantitative estimate of drug-likeness (QED) is 0.365. The normalized spacial score (nSPS) is 14.2. The van der Waals surface area contributed by atoms with E-state index in [9.17, 15) is 30.0 Å². The largest absolute Gasteiger partial charge is 0.480 e. The zero-order valence-corrected chi connectivity index (χ0v) is 18.1. The van der Waals surface area contributed by atoms with Gasteiger partial charge in [0.2, 0.25) is 20.1 Å². The number of hydrogen-bond acceptors (Lipinski definition) is 6. The molecule has 3 aromatic carbocycles. The van der Waals surface area contributed by atoms with Gasteiger partial charge in [0.15, 0.2) is 26.4 Å². The van der Waals surface area contributed by atoms with Crippen LogP contribution in [0.25, 0.3) is 4.13 Å². The molecule has 0 spiro atoms. The highest BCUT2D eigenvalue weighted by molar-refractivity contribution is 8.10. The Kier molecular flexibility index (Phi) is 5.61. The number of fused-ring (bicyclic) bond motifs is 2. The van der Waals surface area contributed by atoms with Crippen LogP contribution in [0.15, 0.2) is 87.5 Å². The predicted octanol–water partition coefficient (Wildman–Crippen LogP) is 4.73. The highest BCUT2D eigenvalue weighted by Gasteiger charge is 2.41. The maximum atomic E-state index is 12.4. The molecule has 0 aliphatic carbocycles. The number of sulfonamides is 1. The van der Waals surface area contributed by atoms with Crippen LogP contribution in [0.3, 0.4) is 0 Å². The van der Waals surface area contributed by atoms with Gasteiger partial charge in [-0.2, -0.15) is 13.2 Å². The lowest BCUT2D eigenvalue weighted by molar-refractivity contribution is -0.0425. The molecule has 7 nitrogen and oxygen atoms in total. The molecule has 4 rings (SSSR count). The van der Waals surface area contributed by atoms with Crippen LogP contribution >= 0.6 is 0 Å². The summed E-state index contributed by atoms with van der Waals surface area (Å²) in [7, 11) is -12.3. The van der Waals surface area contributed by atoms with Crippen molar-refractivity contribution in [2.75, 3.05) is 0 Å². The Hall–Kier alpha value is -2.74. The Morgan fingerprint density at radius 2 is 1.28 bits per heavy atom. The number of benzene rings is 3. The summed E-state index contributed by atoms with van der Waals surface area (Å²) in [4.78, 5) is 2.52. The van der Waals surface area contributed by atoms with Crippen LogP contribution in [-0.4, -0.2) is 22.3 Å². The standard InChI is InChI=1S/C19H12F3NO6S3/c20-19(21,22)31(24,25)23-32(26,27)29-13-9-11-14(12-10-13)30-17-7-3-1-5-15(17)28-16-6-2-4-8-18(16)30/h1-12H. The Bertz CT molecular complexity index is 1330. The van der Waals surface area contributed by atoms with E-state index < -0.39 is 42.5 Å². The fourth-order valence-corrected chi connectivity index (χ4v) is 6.81. The summed E-state index contributed by atoms with van der Waals surface area (Å²) in [6.45, 7) is 0. The van der Waals surface area contributed by atoms with Crippen molar-refractivity contribution in [1.82, 2.24) is 0 Å². The molecule has 168 valence electrons. The average molecular weight is 504 g/mol. The molecule has 0 unspecified atom stereocenters. The van der Waals surface area contributed by atoms with E-state index in [1.165, 1.54) is 24.3 Å². The molecule has 0 radical (unpaired) electrons. The Balaban J connectivity index is 1.63. The van der Waals surface area contributed by atoms with Crippen molar-refractivity contribution in [1.29, 1.82) is 0 Å². The molecule has 0 amide bonds. The van der Waals surface area contributed by atoms with Crippen molar-refractivity contribution in [2.24, 2.45) is 0 Å². The van der Waals surface area contributed by atoms with Gasteiger partial charge in [-0.1, -0.05) is 24.3 Å². The molecule has 0 bridgehead atoms.